The molecular weight excluding hydrogens is 214 g/mol. The average molecular weight is 229 g/mol. The summed E-state index contributed by atoms with van der Waals surface area (Å²) in [5.41, 5.74) is 1.11. The van der Waals surface area contributed by atoms with Crippen LogP contribution in [0.2, 0.25) is 0 Å². The molecule has 17 heavy (non-hydrogen) atoms. The Morgan fingerprint density at radius 3 is 3.06 bits per heavy atom. The summed E-state index contributed by atoms with van der Waals surface area (Å²) < 4.78 is 1.93. The molecule has 1 aliphatic carbocycles. The van der Waals surface area contributed by atoms with Crippen molar-refractivity contribution in [2.45, 2.75) is 32.4 Å². The fraction of sp³-hybridized carbons (Fsp3) is 0.417. The first-order chi connectivity index (χ1) is 8.33. The molecule has 3 rings (SSSR count). The van der Waals surface area contributed by atoms with Gasteiger partial charge in [0.2, 0.25) is 0 Å². The molecule has 0 radical (unpaired) electrons. The highest BCUT2D eigenvalue weighted by molar-refractivity contribution is 5.32. The third kappa shape index (κ3) is 2.34. The molecule has 0 amide bonds. The van der Waals surface area contributed by atoms with Crippen molar-refractivity contribution in [3.05, 3.63) is 36.3 Å². The quantitative estimate of drug-likeness (QED) is 0.856. The summed E-state index contributed by atoms with van der Waals surface area (Å²) in [7, 11) is 0. The van der Waals surface area contributed by atoms with Gasteiger partial charge in [-0.25, -0.2) is 15.0 Å². The highest BCUT2D eigenvalue weighted by Gasteiger charge is 2.20. The summed E-state index contributed by atoms with van der Waals surface area (Å²) in [5.74, 6) is 1.70. The van der Waals surface area contributed by atoms with E-state index in [0.29, 0.717) is 6.04 Å². The highest BCUT2D eigenvalue weighted by atomic mass is 15.1. The van der Waals surface area contributed by atoms with Crippen LogP contribution in [0.25, 0.3) is 5.82 Å². The maximum Gasteiger partial charge on any atom is 0.146 e. The predicted molar refractivity (Wildman–Crippen MR) is 63.8 cm³/mol. The zero-order valence-electron chi connectivity index (χ0n) is 9.80. The van der Waals surface area contributed by atoms with E-state index in [1.165, 1.54) is 12.8 Å². The van der Waals surface area contributed by atoms with Gasteiger partial charge >= 0.3 is 0 Å². The highest BCUT2D eigenvalue weighted by Crippen LogP contribution is 2.20. The number of nitrogens with zero attached hydrogens (tertiary/aromatic N) is 4. The number of nitrogens with one attached hydrogen (secondary N) is 1. The maximum absolute atomic E-state index is 4.49. The van der Waals surface area contributed by atoms with Gasteiger partial charge in [-0.1, -0.05) is 0 Å². The molecule has 2 heterocycles. The molecule has 0 atom stereocenters. The normalized spacial score (nSPS) is 15.1. The average Bonchev–Trinajstić information content (AvgIpc) is 3.00. The van der Waals surface area contributed by atoms with Crippen LogP contribution in [0.3, 0.4) is 0 Å². The van der Waals surface area contributed by atoms with Gasteiger partial charge in [0.15, 0.2) is 0 Å². The second-order valence-corrected chi connectivity index (χ2v) is 4.39. The SMILES string of the molecule is Cc1ncc(CNC2CC2)c(-n2ccnc2)n1. The fourth-order valence-electron chi connectivity index (χ4n) is 1.76. The fourth-order valence-corrected chi connectivity index (χ4v) is 1.76. The topological polar surface area (TPSA) is 55.6 Å². The summed E-state index contributed by atoms with van der Waals surface area (Å²) >= 11 is 0. The second kappa shape index (κ2) is 4.25. The molecule has 1 saturated carbocycles. The second-order valence-electron chi connectivity index (χ2n) is 4.39. The first-order valence-electron chi connectivity index (χ1n) is 5.87. The maximum atomic E-state index is 4.49. The number of hydrogen-bond acceptors (Lipinski definition) is 4. The minimum absolute atomic E-state index is 0.687. The molecule has 0 bridgehead atoms. The van der Waals surface area contributed by atoms with Crippen molar-refractivity contribution >= 4 is 0 Å². The van der Waals surface area contributed by atoms with Crippen molar-refractivity contribution in [1.82, 2.24) is 24.8 Å². The van der Waals surface area contributed by atoms with E-state index in [2.05, 4.69) is 20.3 Å². The van der Waals surface area contributed by atoms with Gasteiger partial charge in [0.05, 0.1) is 0 Å². The lowest BCUT2D eigenvalue weighted by Crippen LogP contribution is -2.18. The number of aromatic nitrogens is 4. The Balaban J connectivity index is 1.89. The van der Waals surface area contributed by atoms with Crippen molar-refractivity contribution in [3.63, 3.8) is 0 Å². The Hall–Kier alpha value is -1.75. The van der Waals surface area contributed by atoms with Gasteiger partial charge in [-0.05, 0) is 19.8 Å². The Bertz CT molecular complexity index is 502. The van der Waals surface area contributed by atoms with Crippen LogP contribution in [0.15, 0.2) is 24.9 Å². The van der Waals surface area contributed by atoms with Crippen molar-refractivity contribution in [3.8, 4) is 5.82 Å². The standard InChI is InChI=1S/C12H15N5/c1-9-14-6-10(7-15-11-2-3-11)12(16-9)17-5-4-13-8-17/h4-6,8,11,15H,2-3,7H2,1H3. The number of hydrogen-bond donors (Lipinski definition) is 1. The van der Waals surface area contributed by atoms with Crippen molar-refractivity contribution in [2.75, 3.05) is 0 Å². The number of imidazole rings is 1. The molecule has 0 aliphatic heterocycles. The molecule has 0 aromatic carbocycles. The van der Waals surface area contributed by atoms with Gasteiger partial charge in [-0.3, -0.25) is 4.57 Å². The van der Waals surface area contributed by atoms with Crippen LogP contribution >= 0.6 is 0 Å². The van der Waals surface area contributed by atoms with Crippen molar-refractivity contribution in [2.24, 2.45) is 0 Å². The zero-order valence-corrected chi connectivity index (χ0v) is 9.80. The molecule has 2 aromatic heterocycles. The Morgan fingerprint density at radius 1 is 1.47 bits per heavy atom. The molecule has 0 saturated heterocycles. The minimum Gasteiger partial charge on any atom is -0.310 e. The van der Waals surface area contributed by atoms with Gasteiger partial charge in [0, 0.05) is 36.7 Å². The number of rotatable bonds is 4. The first-order valence-corrected chi connectivity index (χ1v) is 5.87. The van der Waals surface area contributed by atoms with Crippen LogP contribution in [0.4, 0.5) is 0 Å². The molecular formula is C12H15N5. The van der Waals surface area contributed by atoms with Gasteiger partial charge in [-0.15, -0.1) is 0 Å². The zero-order chi connectivity index (χ0) is 11.7. The largest absolute Gasteiger partial charge is 0.310 e. The Morgan fingerprint density at radius 2 is 2.35 bits per heavy atom. The molecule has 2 aromatic rings. The summed E-state index contributed by atoms with van der Waals surface area (Å²) in [6, 6.07) is 0.687. The molecule has 88 valence electrons. The van der Waals surface area contributed by atoms with E-state index in [9.17, 15) is 0 Å². The lowest BCUT2D eigenvalue weighted by molar-refractivity contribution is 0.677. The van der Waals surface area contributed by atoms with E-state index < -0.39 is 0 Å². The van der Waals surface area contributed by atoms with E-state index >= 15 is 0 Å². The van der Waals surface area contributed by atoms with Crippen LogP contribution in [-0.2, 0) is 6.54 Å². The summed E-state index contributed by atoms with van der Waals surface area (Å²) in [4.78, 5) is 12.8. The van der Waals surface area contributed by atoms with Gasteiger partial charge in [0.25, 0.3) is 0 Å². The lowest BCUT2D eigenvalue weighted by Gasteiger charge is -2.10. The van der Waals surface area contributed by atoms with Crippen molar-refractivity contribution in [1.29, 1.82) is 0 Å². The summed E-state index contributed by atoms with van der Waals surface area (Å²) in [5, 5.41) is 3.48. The van der Waals surface area contributed by atoms with E-state index in [-0.39, 0.29) is 0 Å². The minimum atomic E-state index is 0.687. The van der Waals surface area contributed by atoms with Gasteiger partial charge in [-0.2, -0.15) is 0 Å². The van der Waals surface area contributed by atoms with Crippen LogP contribution in [0, 0.1) is 6.92 Å². The van der Waals surface area contributed by atoms with E-state index in [1.807, 2.05) is 23.9 Å². The molecule has 5 nitrogen and oxygen atoms in total. The third-order valence-corrected chi connectivity index (χ3v) is 2.87. The van der Waals surface area contributed by atoms with Crippen LogP contribution < -0.4 is 5.32 Å². The van der Waals surface area contributed by atoms with Gasteiger partial charge < -0.3 is 5.32 Å². The van der Waals surface area contributed by atoms with Crippen LogP contribution in [0.5, 0.6) is 0 Å². The third-order valence-electron chi connectivity index (χ3n) is 2.87. The molecule has 0 spiro atoms. The molecule has 0 unspecified atom stereocenters. The molecule has 1 fully saturated rings. The predicted octanol–water partition coefficient (Wildman–Crippen LogP) is 1.22. The van der Waals surface area contributed by atoms with Crippen molar-refractivity contribution < 1.29 is 0 Å². The summed E-state index contributed by atoms with van der Waals surface area (Å²) in [6.45, 7) is 2.72. The van der Waals surface area contributed by atoms with Crippen LogP contribution in [0.1, 0.15) is 24.2 Å². The Kier molecular flexibility index (Phi) is 2.60. The lowest BCUT2D eigenvalue weighted by atomic mass is 10.3. The molecule has 5 heteroatoms. The summed E-state index contributed by atoms with van der Waals surface area (Å²) in [6.07, 6.45) is 9.90. The van der Waals surface area contributed by atoms with E-state index in [1.54, 1.807) is 12.5 Å². The Labute approximate surface area is 99.9 Å². The first kappa shape index (κ1) is 10.4. The van der Waals surface area contributed by atoms with E-state index in [4.69, 9.17) is 0 Å². The smallest absolute Gasteiger partial charge is 0.146 e. The molecule has 1 N–H and O–H groups in total. The van der Waals surface area contributed by atoms with E-state index in [0.717, 1.165) is 23.8 Å². The molecule has 1 aliphatic rings. The van der Waals surface area contributed by atoms with Gasteiger partial charge in [0.1, 0.15) is 18.0 Å². The number of aryl methyl sites for hydroxylation is 1. The monoisotopic (exact) mass is 229 g/mol. The van der Waals surface area contributed by atoms with Crippen LogP contribution in [-0.4, -0.2) is 25.6 Å².